The summed E-state index contributed by atoms with van der Waals surface area (Å²) in [5.74, 6) is 0. The Morgan fingerprint density at radius 2 is 1.00 bits per heavy atom. The average molecular weight is 563 g/mol. The molecular weight excluding hydrogens is 536 g/mol. The second-order valence-corrected chi connectivity index (χ2v) is 11.2. The van der Waals surface area contributed by atoms with Crippen LogP contribution in [0.3, 0.4) is 0 Å². The van der Waals surface area contributed by atoms with Crippen molar-refractivity contribution in [2.75, 3.05) is 0 Å². The third-order valence-corrected chi connectivity index (χ3v) is 8.59. The lowest BCUT2D eigenvalue weighted by Gasteiger charge is -2.11. The summed E-state index contributed by atoms with van der Waals surface area (Å²) in [6.45, 7) is 0. The number of furan rings is 1. The van der Waals surface area contributed by atoms with Gasteiger partial charge in [-0.3, -0.25) is 0 Å². The molecule has 0 radical (unpaired) electrons. The summed E-state index contributed by atoms with van der Waals surface area (Å²) in [7, 11) is 0. The molecule has 44 heavy (non-hydrogen) atoms. The minimum Gasteiger partial charge on any atom is -0.456 e. The molecule has 0 atom stereocenters. The second kappa shape index (κ2) is 9.82. The Morgan fingerprint density at radius 1 is 0.386 bits per heavy atom. The number of rotatable bonds is 4. The van der Waals surface area contributed by atoms with Crippen molar-refractivity contribution in [2.45, 2.75) is 0 Å². The quantitative estimate of drug-likeness (QED) is 0.214. The van der Waals surface area contributed by atoms with E-state index in [-0.39, 0.29) is 0 Å². The van der Waals surface area contributed by atoms with Crippen LogP contribution in [-0.2, 0) is 0 Å². The Morgan fingerprint density at radius 3 is 1.84 bits per heavy atom. The first-order chi connectivity index (χ1) is 21.8. The molecule has 9 aromatic rings. The van der Waals surface area contributed by atoms with Gasteiger partial charge in [-0.25, -0.2) is 4.98 Å². The molecule has 0 fully saturated rings. The maximum absolute atomic E-state index is 6.13. The maximum atomic E-state index is 6.13. The number of hydrogen-bond acceptors (Lipinski definition) is 2. The fraction of sp³-hybridized carbons (Fsp3) is 0. The topological polar surface area (TPSA) is 31.0 Å². The molecule has 0 amide bonds. The van der Waals surface area contributed by atoms with Gasteiger partial charge in [0.05, 0.1) is 22.4 Å². The molecule has 0 aliphatic carbocycles. The molecule has 3 heteroatoms. The van der Waals surface area contributed by atoms with E-state index in [1.807, 2.05) is 18.2 Å². The minimum absolute atomic E-state index is 0.896. The highest BCUT2D eigenvalue weighted by molar-refractivity contribution is 6.10. The zero-order chi connectivity index (χ0) is 29.0. The largest absolute Gasteiger partial charge is 0.456 e. The van der Waals surface area contributed by atoms with Gasteiger partial charge in [0.25, 0.3) is 0 Å². The smallest absolute Gasteiger partial charge is 0.135 e. The van der Waals surface area contributed by atoms with Crippen molar-refractivity contribution < 1.29 is 4.42 Å². The van der Waals surface area contributed by atoms with E-state index in [0.717, 1.165) is 61.3 Å². The van der Waals surface area contributed by atoms with Crippen LogP contribution in [0.4, 0.5) is 0 Å². The molecule has 0 unspecified atom stereocenters. The molecule has 0 N–H and O–H groups in total. The third-order valence-electron chi connectivity index (χ3n) is 8.59. The monoisotopic (exact) mass is 562 g/mol. The number of nitrogens with zero attached hydrogens (tertiary/aromatic N) is 2. The lowest BCUT2D eigenvalue weighted by molar-refractivity contribution is 0.669. The highest BCUT2D eigenvalue weighted by Gasteiger charge is 2.16. The summed E-state index contributed by atoms with van der Waals surface area (Å²) in [4.78, 5) is 5.23. The Hall–Kier alpha value is -5.93. The first-order valence-electron chi connectivity index (χ1n) is 14.9. The highest BCUT2D eigenvalue weighted by atomic mass is 16.3. The summed E-state index contributed by atoms with van der Waals surface area (Å²) in [5.41, 5.74) is 11.6. The molecule has 0 aliphatic heterocycles. The van der Waals surface area contributed by atoms with E-state index >= 15 is 0 Å². The Labute approximate surface area is 254 Å². The van der Waals surface area contributed by atoms with Crippen LogP contribution in [0.2, 0.25) is 0 Å². The molecule has 0 bridgehead atoms. The van der Waals surface area contributed by atoms with E-state index in [9.17, 15) is 0 Å². The Balaban J connectivity index is 1.26. The van der Waals surface area contributed by atoms with Crippen LogP contribution in [0.5, 0.6) is 0 Å². The summed E-state index contributed by atoms with van der Waals surface area (Å²) in [6, 6.07) is 55.5. The first kappa shape index (κ1) is 24.6. The minimum atomic E-state index is 0.896. The van der Waals surface area contributed by atoms with Crippen molar-refractivity contribution >= 4 is 43.7 Å². The van der Waals surface area contributed by atoms with Gasteiger partial charge in [-0.2, -0.15) is 0 Å². The predicted molar refractivity (Wildman–Crippen MR) is 182 cm³/mol. The third kappa shape index (κ3) is 3.94. The van der Waals surface area contributed by atoms with Crippen LogP contribution in [0, 0.1) is 0 Å². The predicted octanol–water partition coefficient (Wildman–Crippen LogP) is 11.1. The van der Waals surface area contributed by atoms with Crippen LogP contribution in [0.15, 0.2) is 162 Å². The molecule has 0 saturated carbocycles. The molecule has 0 spiro atoms. The molecule has 3 nitrogen and oxygen atoms in total. The fourth-order valence-corrected chi connectivity index (χ4v) is 6.50. The highest BCUT2D eigenvalue weighted by Crippen LogP contribution is 2.38. The fourth-order valence-electron chi connectivity index (χ4n) is 6.50. The maximum Gasteiger partial charge on any atom is 0.135 e. The zero-order valence-electron chi connectivity index (χ0n) is 23.8. The number of hydrogen-bond donors (Lipinski definition) is 0. The number of aromatic nitrogens is 2. The molecule has 0 saturated heterocycles. The first-order valence-corrected chi connectivity index (χ1v) is 14.9. The average Bonchev–Trinajstić information content (AvgIpc) is 3.64. The molecule has 9 rings (SSSR count). The number of para-hydroxylation sites is 3. The van der Waals surface area contributed by atoms with E-state index in [1.165, 1.54) is 21.8 Å². The van der Waals surface area contributed by atoms with Gasteiger partial charge in [0, 0.05) is 38.4 Å². The van der Waals surface area contributed by atoms with E-state index in [1.54, 1.807) is 0 Å². The molecule has 6 aromatic carbocycles. The van der Waals surface area contributed by atoms with Gasteiger partial charge in [0.15, 0.2) is 0 Å². The zero-order valence-corrected chi connectivity index (χ0v) is 23.8. The van der Waals surface area contributed by atoms with Gasteiger partial charge in [-0.15, -0.1) is 0 Å². The van der Waals surface area contributed by atoms with Crippen molar-refractivity contribution in [3.63, 3.8) is 0 Å². The molecule has 3 aromatic heterocycles. The van der Waals surface area contributed by atoms with Gasteiger partial charge in [-0.1, -0.05) is 97.1 Å². The summed E-state index contributed by atoms with van der Waals surface area (Å²) < 4.78 is 8.47. The van der Waals surface area contributed by atoms with Crippen LogP contribution in [-0.4, -0.2) is 9.55 Å². The second-order valence-electron chi connectivity index (χ2n) is 11.2. The van der Waals surface area contributed by atoms with E-state index < -0.39 is 0 Å². The standard InChI is InChI=1S/C41H26N2O/c1-3-11-27(12-4-1)36-25-30(28-20-22-41-35(23-28)33-16-8-10-18-40(33)44-41)26-37(42-36)29-19-21-39-34(24-29)32-15-7-9-17-38(32)43(39)31-13-5-2-6-14-31/h1-26H. The molecular formula is C41H26N2O. The summed E-state index contributed by atoms with van der Waals surface area (Å²) >= 11 is 0. The van der Waals surface area contributed by atoms with Gasteiger partial charge in [0.2, 0.25) is 0 Å². The molecule has 0 aliphatic rings. The Bertz CT molecular complexity index is 2490. The normalized spacial score (nSPS) is 11.6. The lowest BCUT2D eigenvalue weighted by atomic mass is 9.98. The molecule has 206 valence electrons. The van der Waals surface area contributed by atoms with Crippen molar-refractivity contribution in [1.82, 2.24) is 9.55 Å². The summed E-state index contributed by atoms with van der Waals surface area (Å²) in [5, 5.41) is 4.68. The lowest BCUT2D eigenvalue weighted by Crippen LogP contribution is -1.93. The van der Waals surface area contributed by atoms with Gasteiger partial charge in [0.1, 0.15) is 11.2 Å². The van der Waals surface area contributed by atoms with Crippen LogP contribution < -0.4 is 0 Å². The Kier molecular flexibility index (Phi) is 5.50. The van der Waals surface area contributed by atoms with E-state index in [4.69, 9.17) is 9.40 Å². The van der Waals surface area contributed by atoms with E-state index in [0.29, 0.717) is 0 Å². The summed E-state index contributed by atoms with van der Waals surface area (Å²) in [6.07, 6.45) is 0. The number of benzene rings is 6. The van der Waals surface area contributed by atoms with Crippen molar-refractivity contribution in [3.8, 4) is 39.3 Å². The van der Waals surface area contributed by atoms with Crippen LogP contribution in [0.1, 0.15) is 0 Å². The van der Waals surface area contributed by atoms with Crippen LogP contribution >= 0.6 is 0 Å². The van der Waals surface area contributed by atoms with Crippen molar-refractivity contribution in [2.24, 2.45) is 0 Å². The number of pyridine rings is 1. The van der Waals surface area contributed by atoms with E-state index in [2.05, 4.69) is 144 Å². The van der Waals surface area contributed by atoms with Crippen LogP contribution in [0.25, 0.3) is 83.1 Å². The number of fused-ring (bicyclic) bond motifs is 6. The van der Waals surface area contributed by atoms with Gasteiger partial charge >= 0.3 is 0 Å². The van der Waals surface area contributed by atoms with Gasteiger partial charge < -0.3 is 8.98 Å². The molecule has 3 heterocycles. The SMILES string of the molecule is c1ccc(-c2cc(-c3ccc4oc5ccccc5c4c3)cc(-c3ccc4c(c3)c3ccccc3n4-c3ccccc3)n2)cc1. The van der Waals surface area contributed by atoms with Crippen molar-refractivity contribution in [1.29, 1.82) is 0 Å². The van der Waals surface area contributed by atoms with Crippen molar-refractivity contribution in [3.05, 3.63) is 158 Å². The van der Waals surface area contributed by atoms with Gasteiger partial charge in [-0.05, 0) is 71.8 Å².